The molecule has 63 heavy (non-hydrogen) atoms. The van der Waals surface area contributed by atoms with Crippen LogP contribution in [0.1, 0.15) is 60.5 Å². The average molecular weight is 818 g/mol. The maximum atomic E-state index is 6.58. The SMILES string of the molecule is CC(C)(C)C1=CC(c2cccc3cccc(-c4ccccc4N(c4ccccc4-c4ccc(-c5ccccc5)cc4)c4cccc5oc6ccccc6c45)c23)=CC(C)(C(C)(C)C)C1. The minimum absolute atomic E-state index is 0.0272. The molecule has 8 aromatic carbocycles. The Kier molecular flexibility index (Phi) is 9.87. The molecule has 310 valence electrons. The van der Waals surface area contributed by atoms with E-state index < -0.39 is 0 Å². The van der Waals surface area contributed by atoms with E-state index in [0.717, 1.165) is 62.1 Å². The number of furan rings is 1. The van der Waals surface area contributed by atoms with Gasteiger partial charge < -0.3 is 9.32 Å². The van der Waals surface area contributed by atoms with Crippen LogP contribution in [-0.4, -0.2) is 0 Å². The van der Waals surface area contributed by atoms with Gasteiger partial charge in [-0.2, -0.15) is 0 Å². The molecule has 0 aliphatic heterocycles. The van der Waals surface area contributed by atoms with Crippen LogP contribution in [-0.2, 0) is 0 Å². The average Bonchev–Trinajstić information content (AvgIpc) is 3.68. The third kappa shape index (κ3) is 7.18. The molecule has 0 saturated heterocycles. The number of anilines is 3. The Labute approximate surface area is 372 Å². The van der Waals surface area contributed by atoms with Crippen molar-refractivity contribution in [3.8, 4) is 33.4 Å². The number of benzene rings is 8. The van der Waals surface area contributed by atoms with Crippen LogP contribution < -0.4 is 4.90 Å². The largest absolute Gasteiger partial charge is 0.456 e. The molecule has 0 N–H and O–H groups in total. The minimum atomic E-state index is -0.0272. The molecule has 1 aliphatic carbocycles. The Morgan fingerprint density at radius 3 is 1.71 bits per heavy atom. The Morgan fingerprint density at radius 2 is 1.00 bits per heavy atom. The molecule has 0 spiro atoms. The quantitative estimate of drug-likeness (QED) is 0.159. The van der Waals surface area contributed by atoms with Gasteiger partial charge in [-0.15, -0.1) is 0 Å². The summed E-state index contributed by atoms with van der Waals surface area (Å²) in [7, 11) is 0. The van der Waals surface area contributed by atoms with E-state index in [1.807, 2.05) is 0 Å². The molecule has 1 atom stereocenters. The van der Waals surface area contributed by atoms with E-state index in [1.54, 1.807) is 0 Å². The Balaban J connectivity index is 1.24. The zero-order valence-corrected chi connectivity index (χ0v) is 37.5. The lowest BCUT2D eigenvalue weighted by Gasteiger charge is -2.45. The van der Waals surface area contributed by atoms with Gasteiger partial charge in [-0.05, 0) is 97.2 Å². The molecule has 0 radical (unpaired) electrons. The first-order chi connectivity index (χ1) is 30.4. The van der Waals surface area contributed by atoms with Gasteiger partial charge in [-0.25, -0.2) is 0 Å². The molecule has 0 amide bonds. The predicted octanol–water partition coefficient (Wildman–Crippen LogP) is 18.0. The summed E-state index contributed by atoms with van der Waals surface area (Å²) < 4.78 is 6.58. The van der Waals surface area contributed by atoms with Crippen LogP contribution in [0.4, 0.5) is 17.1 Å². The highest BCUT2D eigenvalue weighted by atomic mass is 16.3. The second-order valence-electron chi connectivity index (χ2n) is 19.6. The molecule has 9 aromatic rings. The van der Waals surface area contributed by atoms with Crippen molar-refractivity contribution in [3.05, 3.63) is 205 Å². The summed E-state index contributed by atoms with van der Waals surface area (Å²) in [6.45, 7) is 16.7. The van der Waals surface area contributed by atoms with Gasteiger partial charge in [0.15, 0.2) is 0 Å². The standard InChI is InChI=1S/C61H55NO/c1-59(2,3)46-38-45(39-61(7,40-46)60(4,5)6)48-27-17-22-44-23-18-28-50(57(44)48)49-25-12-15-30-53(49)62(54-31-19-33-56-58(54)51-26-13-16-32-55(51)63-56)52-29-14-11-24-47(52)43-36-34-42(35-37-43)41-20-9-8-10-21-41/h8-39H,40H2,1-7H3. The minimum Gasteiger partial charge on any atom is -0.456 e. The number of nitrogens with zero attached hydrogens (tertiary/aromatic N) is 1. The highest BCUT2D eigenvalue weighted by molar-refractivity contribution is 6.15. The number of allylic oxidation sites excluding steroid dienone is 4. The van der Waals surface area contributed by atoms with Crippen molar-refractivity contribution in [1.82, 2.24) is 0 Å². The van der Waals surface area contributed by atoms with Crippen molar-refractivity contribution < 1.29 is 4.42 Å². The summed E-state index contributed by atoms with van der Waals surface area (Å²) in [6, 6.07) is 66.0. The number of hydrogen-bond donors (Lipinski definition) is 0. The molecule has 2 nitrogen and oxygen atoms in total. The summed E-state index contributed by atoms with van der Waals surface area (Å²) in [6.07, 6.45) is 6.12. The lowest BCUT2D eigenvalue weighted by Crippen LogP contribution is -2.35. The van der Waals surface area contributed by atoms with Crippen molar-refractivity contribution in [3.63, 3.8) is 0 Å². The summed E-state index contributed by atoms with van der Waals surface area (Å²) in [4.78, 5) is 2.48. The normalized spacial score (nSPS) is 15.7. The summed E-state index contributed by atoms with van der Waals surface area (Å²) >= 11 is 0. The van der Waals surface area contributed by atoms with Gasteiger partial charge in [-0.3, -0.25) is 0 Å². The van der Waals surface area contributed by atoms with Crippen LogP contribution in [0.15, 0.2) is 204 Å². The van der Waals surface area contributed by atoms with Crippen LogP contribution in [0, 0.1) is 16.2 Å². The maximum Gasteiger partial charge on any atom is 0.137 e. The maximum absolute atomic E-state index is 6.58. The van der Waals surface area contributed by atoms with Crippen molar-refractivity contribution in [2.24, 2.45) is 16.2 Å². The molecule has 1 unspecified atom stereocenters. The molecule has 1 aromatic heterocycles. The molecule has 10 rings (SSSR count). The fourth-order valence-electron chi connectivity index (χ4n) is 9.61. The zero-order chi connectivity index (χ0) is 43.5. The third-order valence-corrected chi connectivity index (χ3v) is 13.8. The van der Waals surface area contributed by atoms with Crippen LogP contribution in [0.2, 0.25) is 0 Å². The smallest absolute Gasteiger partial charge is 0.137 e. The van der Waals surface area contributed by atoms with Crippen molar-refractivity contribution in [1.29, 1.82) is 0 Å². The molecule has 0 bridgehead atoms. The molecule has 1 aliphatic rings. The van der Waals surface area contributed by atoms with Gasteiger partial charge >= 0.3 is 0 Å². The van der Waals surface area contributed by atoms with Gasteiger partial charge in [-0.1, -0.05) is 218 Å². The van der Waals surface area contributed by atoms with E-state index in [-0.39, 0.29) is 16.2 Å². The van der Waals surface area contributed by atoms with Crippen LogP contribution in [0.3, 0.4) is 0 Å². The van der Waals surface area contributed by atoms with Crippen molar-refractivity contribution in [2.45, 2.75) is 54.9 Å². The first-order valence-corrected chi connectivity index (χ1v) is 22.4. The molecule has 0 saturated carbocycles. The lowest BCUT2D eigenvalue weighted by molar-refractivity contribution is 0.158. The highest BCUT2D eigenvalue weighted by Crippen LogP contribution is 2.54. The van der Waals surface area contributed by atoms with Crippen LogP contribution >= 0.6 is 0 Å². The van der Waals surface area contributed by atoms with E-state index in [1.165, 1.54) is 44.2 Å². The number of para-hydroxylation sites is 3. The molecular weight excluding hydrogens is 763 g/mol. The molecule has 0 fully saturated rings. The van der Waals surface area contributed by atoms with Gasteiger partial charge in [0.1, 0.15) is 11.2 Å². The number of hydrogen-bond acceptors (Lipinski definition) is 2. The number of fused-ring (bicyclic) bond motifs is 4. The topological polar surface area (TPSA) is 16.4 Å². The second kappa shape index (κ2) is 15.5. The van der Waals surface area contributed by atoms with E-state index in [4.69, 9.17) is 4.42 Å². The molecule has 1 heterocycles. The molecule has 2 heteroatoms. The fraction of sp³-hybridized carbons (Fsp3) is 0.180. The van der Waals surface area contributed by atoms with E-state index >= 15 is 0 Å². The second-order valence-corrected chi connectivity index (χ2v) is 19.6. The molecular formula is C61H55NO. The fourth-order valence-corrected chi connectivity index (χ4v) is 9.61. The summed E-state index contributed by atoms with van der Waals surface area (Å²) in [5.74, 6) is 0. The first-order valence-electron chi connectivity index (χ1n) is 22.4. The van der Waals surface area contributed by atoms with Gasteiger partial charge in [0, 0.05) is 16.5 Å². The summed E-state index contributed by atoms with van der Waals surface area (Å²) in [5.41, 5.74) is 16.2. The van der Waals surface area contributed by atoms with Crippen molar-refractivity contribution in [2.75, 3.05) is 4.90 Å². The Bertz CT molecular complexity index is 3220. The van der Waals surface area contributed by atoms with E-state index in [2.05, 4.69) is 248 Å². The van der Waals surface area contributed by atoms with Crippen molar-refractivity contribution >= 4 is 55.3 Å². The van der Waals surface area contributed by atoms with E-state index in [9.17, 15) is 0 Å². The summed E-state index contributed by atoms with van der Waals surface area (Å²) in [5, 5.41) is 4.67. The van der Waals surface area contributed by atoms with Crippen LogP contribution in [0.5, 0.6) is 0 Å². The van der Waals surface area contributed by atoms with Gasteiger partial charge in [0.25, 0.3) is 0 Å². The Hall–Kier alpha value is -6.90. The monoisotopic (exact) mass is 817 g/mol. The first kappa shape index (κ1) is 40.2. The Morgan fingerprint density at radius 1 is 0.460 bits per heavy atom. The predicted molar refractivity (Wildman–Crippen MR) is 270 cm³/mol. The number of rotatable bonds is 7. The zero-order valence-electron chi connectivity index (χ0n) is 37.5. The third-order valence-electron chi connectivity index (χ3n) is 13.8. The van der Waals surface area contributed by atoms with Gasteiger partial charge in [0.2, 0.25) is 0 Å². The highest BCUT2D eigenvalue weighted by Gasteiger charge is 2.40. The van der Waals surface area contributed by atoms with E-state index in [0.29, 0.717) is 0 Å². The van der Waals surface area contributed by atoms with Gasteiger partial charge in [0.05, 0.1) is 22.4 Å². The lowest BCUT2D eigenvalue weighted by atomic mass is 9.59. The van der Waals surface area contributed by atoms with Crippen LogP contribution in [0.25, 0.3) is 71.7 Å².